The normalized spacial score (nSPS) is 12.3. The van der Waals surface area contributed by atoms with Crippen LogP contribution in [0.2, 0.25) is 0 Å². The fourth-order valence-electron chi connectivity index (χ4n) is 1.80. The standard InChI is InChI=1S/C15H16BrFN2/c1-9-4-5-12(7-14(9)17)11(3)19-15-6-10(2)13(16)8-18-15/h4-8,11H,1-3H3,(H,18,19). The Morgan fingerprint density at radius 2 is 1.95 bits per heavy atom. The van der Waals surface area contributed by atoms with E-state index >= 15 is 0 Å². The van der Waals surface area contributed by atoms with Gasteiger partial charge in [0.15, 0.2) is 0 Å². The summed E-state index contributed by atoms with van der Waals surface area (Å²) in [6.07, 6.45) is 1.76. The van der Waals surface area contributed by atoms with E-state index in [1.54, 1.807) is 25.3 Å². The molecule has 100 valence electrons. The maximum Gasteiger partial charge on any atom is 0.126 e. The SMILES string of the molecule is Cc1ccc(C(C)Nc2cc(C)c(Br)cn2)cc1F. The first kappa shape index (κ1) is 14.0. The highest BCUT2D eigenvalue weighted by atomic mass is 79.9. The van der Waals surface area contributed by atoms with E-state index in [1.165, 1.54) is 0 Å². The van der Waals surface area contributed by atoms with Crippen LogP contribution in [-0.4, -0.2) is 4.98 Å². The molecule has 0 aliphatic rings. The van der Waals surface area contributed by atoms with Gasteiger partial charge in [0.25, 0.3) is 0 Å². The molecule has 1 aromatic heterocycles. The first-order valence-corrected chi connectivity index (χ1v) is 6.91. The molecule has 0 spiro atoms. The number of anilines is 1. The van der Waals surface area contributed by atoms with Crippen LogP contribution in [0.1, 0.15) is 29.7 Å². The summed E-state index contributed by atoms with van der Waals surface area (Å²) in [5.41, 5.74) is 2.68. The molecule has 1 atom stereocenters. The van der Waals surface area contributed by atoms with Gasteiger partial charge in [-0.1, -0.05) is 12.1 Å². The summed E-state index contributed by atoms with van der Waals surface area (Å²) in [6, 6.07) is 7.26. The second kappa shape index (κ2) is 5.70. The number of hydrogen-bond donors (Lipinski definition) is 1. The maximum atomic E-state index is 13.5. The van der Waals surface area contributed by atoms with E-state index in [-0.39, 0.29) is 11.9 Å². The Morgan fingerprint density at radius 1 is 1.21 bits per heavy atom. The third-order valence-corrected chi connectivity index (χ3v) is 3.94. The van der Waals surface area contributed by atoms with Crippen molar-refractivity contribution in [2.75, 3.05) is 5.32 Å². The molecule has 1 aromatic carbocycles. The van der Waals surface area contributed by atoms with Crippen molar-refractivity contribution in [3.05, 3.63) is 57.4 Å². The molecule has 19 heavy (non-hydrogen) atoms. The first-order valence-electron chi connectivity index (χ1n) is 6.12. The van der Waals surface area contributed by atoms with E-state index in [1.807, 2.05) is 26.0 Å². The van der Waals surface area contributed by atoms with E-state index in [0.29, 0.717) is 5.56 Å². The topological polar surface area (TPSA) is 24.9 Å². The van der Waals surface area contributed by atoms with Crippen LogP contribution in [-0.2, 0) is 0 Å². The second-order valence-electron chi connectivity index (χ2n) is 4.69. The molecule has 0 bridgehead atoms. The molecule has 1 N–H and O–H groups in total. The second-order valence-corrected chi connectivity index (χ2v) is 5.55. The van der Waals surface area contributed by atoms with Crippen molar-refractivity contribution in [2.24, 2.45) is 0 Å². The number of benzene rings is 1. The van der Waals surface area contributed by atoms with Crippen molar-refractivity contribution < 1.29 is 4.39 Å². The Balaban J connectivity index is 2.17. The van der Waals surface area contributed by atoms with Gasteiger partial charge >= 0.3 is 0 Å². The molecule has 1 heterocycles. The van der Waals surface area contributed by atoms with E-state index in [0.717, 1.165) is 21.4 Å². The molecule has 2 rings (SSSR count). The van der Waals surface area contributed by atoms with Crippen molar-refractivity contribution in [3.8, 4) is 0 Å². The largest absolute Gasteiger partial charge is 0.364 e. The van der Waals surface area contributed by atoms with E-state index in [2.05, 4.69) is 26.2 Å². The number of hydrogen-bond acceptors (Lipinski definition) is 2. The number of aryl methyl sites for hydroxylation is 2. The zero-order chi connectivity index (χ0) is 14.0. The fraction of sp³-hybridized carbons (Fsp3) is 0.267. The van der Waals surface area contributed by atoms with Gasteiger partial charge < -0.3 is 5.32 Å². The molecule has 0 fully saturated rings. The molecule has 0 aliphatic heterocycles. The van der Waals surface area contributed by atoms with E-state index in [4.69, 9.17) is 0 Å². The van der Waals surface area contributed by atoms with Crippen LogP contribution in [0.25, 0.3) is 0 Å². The van der Waals surface area contributed by atoms with Crippen LogP contribution in [0.4, 0.5) is 10.2 Å². The lowest BCUT2D eigenvalue weighted by molar-refractivity contribution is 0.614. The zero-order valence-electron chi connectivity index (χ0n) is 11.2. The van der Waals surface area contributed by atoms with Crippen molar-refractivity contribution in [2.45, 2.75) is 26.8 Å². The highest BCUT2D eigenvalue weighted by Gasteiger charge is 2.09. The monoisotopic (exact) mass is 322 g/mol. The number of aromatic nitrogens is 1. The van der Waals surface area contributed by atoms with Gasteiger partial charge in [-0.05, 0) is 65.5 Å². The number of pyridine rings is 1. The van der Waals surface area contributed by atoms with Gasteiger partial charge in [0.1, 0.15) is 11.6 Å². The molecule has 2 aromatic rings. The van der Waals surface area contributed by atoms with Crippen molar-refractivity contribution >= 4 is 21.7 Å². The number of nitrogens with one attached hydrogen (secondary N) is 1. The van der Waals surface area contributed by atoms with Crippen LogP contribution >= 0.6 is 15.9 Å². The molecule has 0 saturated carbocycles. The van der Waals surface area contributed by atoms with Crippen LogP contribution in [0.15, 0.2) is 34.9 Å². The minimum absolute atomic E-state index is 0.00294. The zero-order valence-corrected chi connectivity index (χ0v) is 12.8. The average Bonchev–Trinajstić information content (AvgIpc) is 2.37. The number of nitrogens with zero attached hydrogens (tertiary/aromatic N) is 1. The van der Waals surface area contributed by atoms with Gasteiger partial charge in [0.2, 0.25) is 0 Å². The highest BCUT2D eigenvalue weighted by Crippen LogP contribution is 2.22. The minimum atomic E-state index is -0.175. The summed E-state index contributed by atoms with van der Waals surface area (Å²) >= 11 is 3.42. The van der Waals surface area contributed by atoms with Crippen molar-refractivity contribution in [1.29, 1.82) is 0 Å². The number of halogens is 2. The van der Waals surface area contributed by atoms with Gasteiger partial charge in [-0.2, -0.15) is 0 Å². The summed E-state index contributed by atoms with van der Waals surface area (Å²) < 4.78 is 14.5. The fourth-order valence-corrected chi connectivity index (χ4v) is 2.02. The third-order valence-electron chi connectivity index (χ3n) is 3.11. The Morgan fingerprint density at radius 3 is 2.58 bits per heavy atom. The first-order chi connectivity index (χ1) is 8.97. The molecule has 0 radical (unpaired) electrons. The Labute approximate surface area is 121 Å². The molecule has 1 unspecified atom stereocenters. The predicted octanol–water partition coefficient (Wildman–Crippen LogP) is 4.77. The lowest BCUT2D eigenvalue weighted by atomic mass is 10.1. The molecular formula is C15H16BrFN2. The third kappa shape index (κ3) is 3.32. The Hall–Kier alpha value is -1.42. The lowest BCUT2D eigenvalue weighted by Crippen LogP contribution is -2.08. The molecule has 4 heteroatoms. The van der Waals surface area contributed by atoms with Crippen molar-refractivity contribution in [1.82, 2.24) is 4.98 Å². The quantitative estimate of drug-likeness (QED) is 0.880. The van der Waals surface area contributed by atoms with Crippen molar-refractivity contribution in [3.63, 3.8) is 0 Å². The molecular weight excluding hydrogens is 307 g/mol. The smallest absolute Gasteiger partial charge is 0.126 e. The summed E-state index contributed by atoms with van der Waals surface area (Å²) in [5, 5.41) is 3.27. The van der Waals surface area contributed by atoms with E-state index < -0.39 is 0 Å². The van der Waals surface area contributed by atoms with Crippen LogP contribution in [0, 0.1) is 19.7 Å². The summed E-state index contributed by atoms with van der Waals surface area (Å²) in [5.74, 6) is 0.611. The Kier molecular flexibility index (Phi) is 4.20. The molecule has 0 saturated heterocycles. The summed E-state index contributed by atoms with van der Waals surface area (Å²) in [4.78, 5) is 4.29. The van der Waals surface area contributed by atoms with Gasteiger partial charge in [-0.3, -0.25) is 0 Å². The van der Waals surface area contributed by atoms with Gasteiger partial charge in [-0.25, -0.2) is 9.37 Å². The highest BCUT2D eigenvalue weighted by molar-refractivity contribution is 9.10. The average molecular weight is 323 g/mol. The van der Waals surface area contributed by atoms with Gasteiger partial charge in [0.05, 0.1) is 6.04 Å². The minimum Gasteiger partial charge on any atom is -0.364 e. The molecule has 0 amide bonds. The molecule has 0 aliphatic carbocycles. The van der Waals surface area contributed by atoms with Crippen LogP contribution in [0.5, 0.6) is 0 Å². The van der Waals surface area contributed by atoms with Gasteiger partial charge in [-0.15, -0.1) is 0 Å². The Bertz CT molecular complexity index is 599. The summed E-state index contributed by atoms with van der Waals surface area (Å²) in [6.45, 7) is 5.76. The maximum absolute atomic E-state index is 13.5. The molecule has 2 nitrogen and oxygen atoms in total. The lowest BCUT2D eigenvalue weighted by Gasteiger charge is -2.16. The van der Waals surface area contributed by atoms with E-state index in [9.17, 15) is 4.39 Å². The number of rotatable bonds is 3. The van der Waals surface area contributed by atoms with Crippen LogP contribution in [0.3, 0.4) is 0 Å². The summed E-state index contributed by atoms with van der Waals surface area (Å²) in [7, 11) is 0. The van der Waals surface area contributed by atoms with Crippen LogP contribution < -0.4 is 5.32 Å². The van der Waals surface area contributed by atoms with Gasteiger partial charge in [0, 0.05) is 10.7 Å². The predicted molar refractivity (Wildman–Crippen MR) is 79.8 cm³/mol.